The topological polar surface area (TPSA) is 41.5 Å². The molecule has 3 nitrogen and oxygen atoms in total. The number of ether oxygens (including phenoxy) is 1. The summed E-state index contributed by atoms with van der Waals surface area (Å²) in [5.41, 5.74) is -0.591. The predicted octanol–water partition coefficient (Wildman–Crippen LogP) is 1.80. The molecule has 0 aliphatic heterocycles. The number of hydrogen-bond acceptors (Lipinski definition) is 3. The van der Waals surface area contributed by atoms with Gasteiger partial charge in [-0.1, -0.05) is 13.8 Å². The van der Waals surface area contributed by atoms with Crippen LogP contribution >= 0.6 is 0 Å². The molecule has 0 radical (unpaired) electrons. The molecule has 1 unspecified atom stereocenters. The lowest BCUT2D eigenvalue weighted by Gasteiger charge is -2.27. The van der Waals surface area contributed by atoms with Crippen molar-refractivity contribution < 1.29 is 9.84 Å². The third kappa shape index (κ3) is 7.77. The monoisotopic (exact) mass is 217 g/mol. The summed E-state index contributed by atoms with van der Waals surface area (Å²) in [5.74, 6) is 0.290. The fourth-order valence-corrected chi connectivity index (χ4v) is 1.22. The van der Waals surface area contributed by atoms with E-state index in [2.05, 4.69) is 5.32 Å². The molecule has 0 aromatic heterocycles. The third-order valence-electron chi connectivity index (χ3n) is 2.93. The van der Waals surface area contributed by atoms with Gasteiger partial charge in [0.1, 0.15) is 0 Å². The van der Waals surface area contributed by atoms with E-state index in [9.17, 15) is 5.11 Å². The SMILES string of the molecule is COCCCCCNCC(C)(O)C(C)C. The molecule has 0 aliphatic rings. The molecule has 0 aromatic rings. The van der Waals surface area contributed by atoms with Crippen LogP contribution in [0, 0.1) is 5.92 Å². The van der Waals surface area contributed by atoms with Crippen LogP contribution in [0.25, 0.3) is 0 Å². The van der Waals surface area contributed by atoms with Crippen molar-refractivity contribution in [2.75, 3.05) is 26.8 Å². The Balaban J connectivity index is 3.31. The largest absolute Gasteiger partial charge is 0.389 e. The molecule has 0 amide bonds. The first-order valence-electron chi connectivity index (χ1n) is 5.92. The average Bonchev–Trinajstić information content (AvgIpc) is 2.16. The van der Waals surface area contributed by atoms with Crippen LogP contribution in [-0.2, 0) is 4.74 Å². The Labute approximate surface area is 94.2 Å². The van der Waals surface area contributed by atoms with Crippen molar-refractivity contribution in [3.63, 3.8) is 0 Å². The van der Waals surface area contributed by atoms with E-state index < -0.39 is 5.60 Å². The summed E-state index contributed by atoms with van der Waals surface area (Å²) in [4.78, 5) is 0. The van der Waals surface area contributed by atoms with E-state index >= 15 is 0 Å². The first-order chi connectivity index (χ1) is 7.00. The fourth-order valence-electron chi connectivity index (χ4n) is 1.22. The summed E-state index contributed by atoms with van der Waals surface area (Å²) in [6.45, 7) is 8.47. The molecule has 0 aliphatic carbocycles. The van der Waals surface area contributed by atoms with Crippen molar-refractivity contribution in [2.24, 2.45) is 5.92 Å². The van der Waals surface area contributed by atoms with Gasteiger partial charge in [0.05, 0.1) is 5.60 Å². The molecule has 0 saturated carbocycles. The molecule has 2 N–H and O–H groups in total. The van der Waals surface area contributed by atoms with Crippen LogP contribution in [0.5, 0.6) is 0 Å². The van der Waals surface area contributed by atoms with Crippen LogP contribution in [0.2, 0.25) is 0 Å². The van der Waals surface area contributed by atoms with Crippen molar-refractivity contribution in [1.82, 2.24) is 5.32 Å². The number of hydrogen-bond donors (Lipinski definition) is 2. The van der Waals surface area contributed by atoms with Crippen molar-refractivity contribution >= 4 is 0 Å². The number of nitrogens with one attached hydrogen (secondary N) is 1. The Morgan fingerprint density at radius 1 is 1.27 bits per heavy atom. The Kier molecular flexibility index (Phi) is 8.02. The average molecular weight is 217 g/mol. The summed E-state index contributed by atoms with van der Waals surface area (Å²) >= 11 is 0. The highest BCUT2D eigenvalue weighted by atomic mass is 16.5. The molecular formula is C12H27NO2. The zero-order valence-corrected chi connectivity index (χ0v) is 10.7. The number of aliphatic hydroxyl groups is 1. The first-order valence-corrected chi connectivity index (χ1v) is 5.92. The van der Waals surface area contributed by atoms with Crippen molar-refractivity contribution in [3.8, 4) is 0 Å². The van der Waals surface area contributed by atoms with Crippen LogP contribution in [-0.4, -0.2) is 37.5 Å². The van der Waals surface area contributed by atoms with Gasteiger partial charge in [-0.3, -0.25) is 0 Å². The normalized spacial score (nSPS) is 15.6. The van der Waals surface area contributed by atoms with Gasteiger partial charge in [0.2, 0.25) is 0 Å². The van der Waals surface area contributed by atoms with E-state index in [1.54, 1.807) is 7.11 Å². The Morgan fingerprint density at radius 3 is 2.47 bits per heavy atom. The highest BCUT2D eigenvalue weighted by Gasteiger charge is 2.23. The first kappa shape index (κ1) is 14.9. The maximum Gasteiger partial charge on any atom is 0.0766 e. The van der Waals surface area contributed by atoms with Gasteiger partial charge in [0, 0.05) is 20.3 Å². The van der Waals surface area contributed by atoms with Crippen molar-refractivity contribution in [3.05, 3.63) is 0 Å². The highest BCUT2D eigenvalue weighted by molar-refractivity contribution is 4.78. The quantitative estimate of drug-likeness (QED) is 0.579. The summed E-state index contributed by atoms with van der Waals surface area (Å²) in [5, 5.41) is 13.2. The van der Waals surface area contributed by atoms with Gasteiger partial charge in [-0.25, -0.2) is 0 Å². The van der Waals surface area contributed by atoms with Gasteiger partial charge in [-0.15, -0.1) is 0 Å². The molecule has 0 rings (SSSR count). The second-order valence-corrected chi connectivity index (χ2v) is 4.74. The molecule has 1 atom stereocenters. The lowest BCUT2D eigenvalue weighted by molar-refractivity contribution is 0.0143. The van der Waals surface area contributed by atoms with Crippen molar-refractivity contribution in [1.29, 1.82) is 0 Å². The van der Waals surface area contributed by atoms with Crippen LogP contribution < -0.4 is 5.32 Å². The Morgan fingerprint density at radius 2 is 1.93 bits per heavy atom. The number of rotatable bonds is 9. The third-order valence-corrected chi connectivity index (χ3v) is 2.93. The molecule has 92 valence electrons. The van der Waals surface area contributed by atoms with Gasteiger partial charge in [0.25, 0.3) is 0 Å². The highest BCUT2D eigenvalue weighted by Crippen LogP contribution is 2.14. The molecule has 0 spiro atoms. The summed E-state index contributed by atoms with van der Waals surface area (Å²) in [6.07, 6.45) is 3.46. The minimum absolute atomic E-state index is 0.290. The van der Waals surface area contributed by atoms with Gasteiger partial charge in [-0.05, 0) is 38.6 Å². The second kappa shape index (κ2) is 8.08. The Hall–Kier alpha value is -0.120. The van der Waals surface area contributed by atoms with E-state index in [0.29, 0.717) is 12.5 Å². The van der Waals surface area contributed by atoms with E-state index in [1.807, 2.05) is 20.8 Å². The van der Waals surface area contributed by atoms with Crippen LogP contribution in [0.15, 0.2) is 0 Å². The van der Waals surface area contributed by atoms with Crippen molar-refractivity contribution in [2.45, 2.75) is 45.6 Å². The molecule has 15 heavy (non-hydrogen) atoms. The minimum atomic E-state index is -0.591. The molecule has 0 aromatic carbocycles. The maximum atomic E-state index is 9.95. The summed E-state index contributed by atoms with van der Waals surface area (Å²) in [7, 11) is 1.73. The fraction of sp³-hybridized carbons (Fsp3) is 1.00. The zero-order valence-electron chi connectivity index (χ0n) is 10.7. The molecule has 0 heterocycles. The zero-order chi connectivity index (χ0) is 11.7. The van der Waals surface area contributed by atoms with Gasteiger partial charge < -0.3 is 15.2 Å². The van der Waals surface area contributed by atoms with E-state index in [-0.39, 0.29) is 0 Å². The minimum Gasteiger partial charge on any atom is -0.389 e. The second-order valence-electron chi connectivity index (χ2n) is 4.74. The molecule has 0 fully saturated rings. The number of unbranched alkanes of at least 4 members (excludes halogenated alkanes) is 2. The van der Waals surface area contributed by atoms with Gasteiger partial charge in [0.15, 0.2) is 0 Å². The van der Waals surface area contributed by atoms with E-state index in [4.69, 9.17) is 4.74 Å². The summed E-state index contributed by atoms with van der Waals surface area (Å²) in [6, 6.07) is 0. The lowest BCUT2D eigenvalue weighted by Crippen LogP contribution is -2.42. The van der Waals surface area contributed by atoms with Gasteiger partial charge >= 0.3 is 0 Å². The number of methoxy groups -OCH3 is 1. The summed E-state index contributed by atoms with van der Waals surface area (Å²) < 4.78 is 4.97. The molecule has 0 saturated heterocycles. The van der Waals surface area contributed by atoms with E-state index in [1.165, 1.54) is 6.42 Å². The van der Waals surface area contributed by atoms with Crippen LogP contribution in [0.1, 0.15) is 40.0 Å². The van der Waals surface area contributed by atoms with Crippen LogP contribution in [0.4, 0.5) is 0 Å². The predicted molar refractivity (Wildman–Crippen MR) is 64.1 cm³/mol. The smallest absolute Gasteiger partial charge is 0.0766 e. The van der Waals surface area contributed by atoms with E-state index in [0.717, 1.165) is 26.0 Å². The molecular weight excluding hydrogens is 190 g/mol. The molecule has 3 heteroatoms. The van der Waals surface area contributed by atoms with Crippen LogP contribution in [0.3, 0.4) is 0 Å². The Bertz CT molecular complexity index is 147. The lowest BCUT2D eigenvalue weighted by atomic mass is 9.92. The maximum absolute atomic E-state index is 9.95. The van der Waals surface area contributed by atoms with Gasteiger partial charge in [-0.2, -0.15) is 0 Å². The standard InChI is InChI=1S/C12H27NO2/c1-11(2)12(3,14)10-13-8-6-5-7-9-15-4/h11,13-14H,5-10H2,1-4H3. The molecule has 0 bridgehead atoms.